The standard InChI is InChI=1S/C9H13BrN2O2S2.ClH/c10-7-3-4-15-9(7)16(13,14)12-5-8(11)6-1-2-6;/h3-4,6,8,12H,1-2,5,11H2;1H. The van der Waals surface area contributed by atoms with Crippen LogP contribution in [0.25, 0.3) is 0 Å². The van der Waals surface area contributed by atoms with Crippen molar-refractivity contribution in [3.05, 3.63) is 15.9 Å². The van der Waals surface area contributed by atoms with E-state index in [1.807, 2.05) is 0 Å². The molecule has 1 aliphatic carbocycles. The van der Waals surface area contributed by atoms with E-state index in [4.69, 9.17) is 5.73 Å². The van der Waals surface area contributed by atoms with Crippen LogP contribution in [0.2, 0.25) is 0 Å². The Morgan fingerprint density at radius 1 is 1.59 bits per heavy atom. The van der Waals surface area contributed by atoms with Crippen LogP contribution < -0.4 is 10.5 Å². The van der Waals surface area contributed by atoms with E-state index in [-0.39, 0.29) is 18.4 Å². The lowest BCUT2D eigenvalue weighted by molar-refractivity contribution is 0.549. The van der Waals surface area contributed by atoms with Gasteiger partial charge in [0.2, 0.25) is 0 Å². The second-order valence-electron chi connectivity index (χ2n) is 3.91. The highest BCUT2D eigenvalue weighted by Crippen LogP contribution is 2.32. The van der Waals surface area contributed by atoms with Gasteiger partial charge in [-0.1, -0.05) is 0 Å². The Morgan fingerprint density at radius 2 is 2.24 bits per heavy atom. The minimum Gasteiger partial charge on any atom is -0.326 e. The molecular weight excluding hydrogens is 348 g/mol. The number of hydrogen-bond donors (Lipinski definition) is 2. The topological polar surface area (TPSA) is 72.2 Å². The first-order valence-corrected chi connectivity index (χ1v) is 8.14. The molecule has 1 atom stereocenters. The first-order chi connectivity index (χ1) is 7.50. The molecule has 1 aliphatic rings. The van der Waals surface area contributed by atoms with Crippen molar-refractivity contribution in [1.82, 2.24) is 4.72 Å². The summed E-state index contributed by atoms with van der Waals surface area (Å²) in [6.07, 6.45) is 2.23. The normalized spacial score (nSPS) is 17.5. The molecule has 0 saturated heterocycles. The molecule has 17 heavy (non-hydrogen) atoms. The van der Waals surface area contributed by atoms with Crippen molar-refractivity contribution in [3.8, 4) is 0 Å². The van der Waals surface area contributed by atoms with Crippen LogP contribution in [0.1, 0.15) is 12.8 Å². The number of nitrogens with one attached hydrogen (secondary N) is 1. The summed E-state index contributed by atoms with van der Waals surface area (Å²) in [6.45, 7) is 0.317. The van der Waals surface area contributed by atoms with E-state index < -0.39 is 10.0 Å². The molecule has 0 bridgehead atoms. The summed E-state index contributed by atoms with van der Waals surface area (Å²) in [5, 5.41) is 1.74. The van der Waals surface area contributed by atoms with Crippen LogP contribution in [-0.4, -0.2) is 21.0 Å². The molecule has 0 amide bonds. The van der Waals surface area contributed by atoms with E-state index in [1.54, 1.807) is 11.4 Å². The van der Waals surface area contributed by atoms with Crippen molar-refractivity contribution < 1.29 is 8.42 Å². The third-order valence-corrected chi connectivity index (χ3v) is 6.66. The summed E-state index contributed by atoms with van der Waals surface area (Å²) in [5.41, 5.74) is 5.84. The van der Waals surface area contributed by atoms with E-state index in [0.717, 1.165) is 12.8 Å². The fraction of sp³-hybridized carbons (Fsp3) is 0.556. The Labute approximate surface area is 120 Å². The fourth-order valence-corrected chi connectivity index (χ4v) is 4.89. The van der Waals surface area contributed by atoms with Gasteiger partial charge >= 0.3 is 0 Å². The molecule has 0 aromatic carbocycles. The fourth-order valence-electron chi connectivity index (χ4n) is 1.43. The Hall–Kier alpha value is 0.340. The summed E-state index contributed by atoms with van der Waals surface area (Å²) in [4.78, 5) is 0. The molecular formula is C9H14BrClN2O2S2. The van der Waals surface area contributed by atoms with E-state index in [0.29, 0.717) is 21.1 Å². The van der Waals surface area contributed by atoms with Crippen molar-refractivity contribution >= 4 is 49.7 Å². The quantitative estimate of drug-likeness (QED) is 0.842. The van der Waals surface area contributed by atoms with Crippen LogP contribution in [0.3, 0.4) is 0 Å². The minimum absolute atomic E-state index is 0. The van der Waals surface area contributed by atoms with E-state index in [2.05, 4.69) is 20.7 Å². The van der Waals surface area contributed by atoms with Crippen LogP contribution in [0.5, 0.6) is 0 Å². The van der Waals surface area contributed by atoms with Crippen LogP contribution in [0, 0.1) is 5.92 Å². The van der Waals surface area contributed by atoms with Gasteiger partial charge in [0.15, 0.2) is 0 Å². The Bertz CT molecular complexity index is 473. The first kappa shape index (κ1) is 15.4. The molecule has 98 valence electrons. The smallest absolute Gasteiger partial charge is 0.251 e. The maximum Gasteiger partial charge on any atom is 0.251 e. The summed E-state index contributed by atoms with van der Waals surface area (Å²) in [5.74, 6) is 0.495. The van der Waals surface area contributed by atoms with Crippen LogP contribution in [-0.2, 0) is 10.0 Å². The van der Waals surface area contributed by atoms with Gasteiger partial charge in [-0.15, -0.1) is 23.7 Å². The number of hydrogen-bond acceptors (Lipinski definition) is 4. The molecule has 1 aromatic rings. The number of halogens is 2. The predicted molar refractivity (Wildman–Crippen MR) is 75.2 cm³/mol. The molecule has 8 heteroatoms. The minimum atomic E-state index is -3.41. The molecule has 1 unspecified atom stereocenters. The van der Waals surface area contributed by atoms with Crippen LogP contribution in [0.4, 0.5) is 0 Å². The van der Waals surface area contributed by atoms with Crippen molar-refractivity contribution in [2.24, 2.45) is 11.7 Å². The third kappa shape index (κ3) is 3.90. The van der Waals surface area contributed by atoms with Crippen molar-refractivity contribution in [2.45, 2.75) is 23.1 Å². The van der Waals surface area contributed by atoms with Gasteiger partial charge in [0.05, 0.1) is 0 Å². The lowest BCUT2D eigenvalue weighted by atomic mass is 10.2. The van der Waals surface area contributed by atoms with E-state index in [1.165, 1.54) is 11.3 Å². The average Bonchev–Trinajstić information content (AvgIpc) is 2.98. The second kappa shape index (κ2) is 5.99. The van der Waals surface area contributed by atoms with Crippen LogP contribution >= 0.6 is 39.7 Å². The van der Waals surface area contributed by atoms with Crippen molar-refractivity contribution in [2.75, 3.05) is 6.54 Å². The lowest BCUT2D eigenvalue weighted by Crippen LogP contribution is -2.38. The Balaban J connectivity index is 0.00000144. The van der Waals surface area contributed by atoms with Gasteiger partial charge in [0.25, 0.3) is 10.0 Å². The highest BCUT2D eigenvalue weighted by Gasteiger charge is 2.29. The zero-order chi connectivity index (χ0) is 11.8. The van der Waals surface area contributed by atoms with Crippen LogP contribution in [0.15, 0.2) is 20.1 Å². The molecule has 0 spiro atoms. The molecule has 1 saturated carbocycles. The molecule has 3 N–H and O–H groups in total. The van der Waals surface area contributed by atoms with E-state index in [9.17, 15) is 8.42 Å². The maximum absolute atomic E-state index is 11.9. The monoisotopic (exact) mass is 360 g/mol. The van der Waals surface area contributed by atoms with Crippen molar-refractivity contribution in [1.29, 1.82) is 0 Å². The molecule has 1 fully saturated rings. The SMILES string of the molecule is Cl.NC(CNS(=O)(=O)c1sccc1Br)C1CC1. The predicted octanol–water partition coefficient (Wildman–Crippen LogP) is 1.95. The van der Waals surface area contributed by atoms with E-state index >= 15 is 0 Å². The summed E-state index contributed by atoms with van der Waals surface area (Å²) in [6, 6.07) is 1.66. The molecule has 0 aliphatic heterocycles. The first-order valence-electron chi connectivity index (χ1n) is 4.99. The average molecular weight is 362 g/mol. The van der Waals surface area contributed by atoms with Gasteiger partial charge in [0, 0.05) is 17.1 Å². The molecule has 0 radical (unpaired) electrons. The molecule has 2 rings (SSSR count). The number of thiophene rings is 1. The van der Waals surface area contributed by atoms with Gasteiger partial charge in [0.1, 0.15) is 4.21 Å². The van der Waals surface area contributed by atoms with Gasteiger partial charge < -0.3 is 5.73 Å². The zero-order valence-electron chi connectivity index (χ0n) is 8.93. The van der Waals surface area contributed by atoms with Gasteiger partial charge in [-0.05, 0) is 46.1 Å². The second-order valence-corrected chi connectivity index (χ2v) is 7.64. The molecule has 1 aromatic heterocycles. The maximum atomic E-state index is 11.9. The van der Waals surface area contributed by atoms with Gasteiger partial charge in [-0.3, -0.25) is 0 Å². The summed E-state index contributed by atoms with van der Waals surface area (Å²) < 4.78 is 27.2. The number of nitrogens with two attached hydrogens (primary N) is 1. The third-order valence-electron chi connectivity index (χ3n) is 2.57. The van der Waals surface area contributed by atoms with Gasteiger partial charge in [-0.2, -0.15) is 0 Å². The highest BCUT2D eigenvalue weighted by molar-refractivity contribution is 9.10. The Kier molecular flexibility index (Phi) is 5.42. The van der Waals surface area contributed by atoms with Crippen molar-refractivity contribution in [3.63, 3.8) is 0 Å². The Morgan fingerprint density at radius 3 is 2.71 bits per heavy atom. The molecule has 1 heterocycles. The highest BCUT2D eigenvalue weighted by atomic mass is 79.9. The largest absolute Gasteiger partial charge is 0.326 e. The number of rotatable bonds is 5. The lowest BCUT2D eigenvalue weighted by Gasteiger charge is -2.11. The summed E-state index contributed by atoms with van der Waals surface area (Å²) >= 11 is 4.40. The summed E-state index contributed by atoms with van der Waals surface area (Å²) in [7, 11) is -3.41. The molecule has 4 nitrogen and oxygen atoms in total. The number of sulfonamides is 1. The van der Waals surface area contributed by atoms with Gasteiger partial charge in [-0.25, -0.2) is 13.1 Å². The zero-order valence-corrected chi connectivity index (χ0v) is 13.0.